The molecule has 1 unspecified atom stereocenters. The fourth-order valence-electron chi connectivity index (χ4n) is 10.1. The highest BCUT2D eigenvalue weighted by molar-refractivity contribution is 7.80. The van der Waals surface area contributed by atoms with Crippen molar-refractivity contribution in [1.29, 1.82) is 0 Å². The van der Waals surface area contributed by atoms with Gasteiger partial charge in [-0.15, -0.1) is 0 Å². The number of unbranched alkanes of at least 4 members (excludes halogenated alkanes) is 1. The minimum absolute atomic E-state index is 0.00232. The van der Waals surface area contributed by atoms with Crippen LogP contribution in [0.4, 0.5) is 9.59 Å². The van der Waals surface area contributed by atoms with Crippen LogP contribution in [0.25, 0.3) is 0 Å². The Labute approximate surface area is 312 Å². The number of amides is 2. The molecule has 12 nitrogen and oxygen atoms in total. The first-order chi connectivity index (χ1) is 24.0. The molecular weight excluding hydrogens is 687 g/mol. The molecule has 0 bridgehead atoms. The number of allylic oxidation sites excluding steroid dienone is 1. The lowest BCUT2D eigenvalue weighted by molar-refractivity contribution is -0.227. The number of carbonyl (C=O) groups excluding carboxylic acids is 2. The monoisotopic (exact) mass is 752 g/mol. The van der Waals surface area contributed by atoms with Crippen molar-refractivity contribution in [1.82, 2.24) is 10.2 Å². The van der Waals surface area contributed by atoms with Crippen LogP contribution < -0.4 is 10.4 Å². The van der Waals surface area contributed by atoms with Gasteiger partial charge in [-0.1, -0.05) is 32.4 Å². The number of hydrogen-bond acceptors (Lipinski definition) is 9. The molecule has 3 fully saturated rings. The number of fused-ring (bicyclic) bond motifs is 5. The smallest absolute Gasteiger partial charge is 0.410 e. The molecular formula is C39H66N3O9S-. The van der Waals surface area contributed by atoms with Crippen molar-refractivity contribution in [3.05, 3.63) is 11.6 Å². The summed E-state index contributed by atoms with van der Waals surface area (Å²) in [6, 6.07) is 0. The first kappa shape index (κ1) is 42.4. The fourth-order valence-corrected chi connectivity index (χ4v) is 10.6. The summed E-state index contributed by atoms with van der Waals surface area (Å²) in [4.78, 5) is 31.1. The molecule has 0 radical (unpaired) electrons. The number of rotatable bonds is 13. The van der Waals surface area contributed by atoms with Crippen LogP contribution in [0, 0.1) is 40.4 Å². The van der Waals surface area contributed by atoms with Gasteiger partial charge in [-0.05, 0) is 158 Å². The maximum absolute atomic E-state index is 13.6. The molecule has 2 amide bonds. The average Bonchev–Trinajstić information content (AvgIpc) is 3.36. The van der Waals surface area contributed by atoms with E-state index < -0.39 is 39.9 Å². The van der Waals surface area contributed by atoms with E-state index in [9.17, 15) is 27.7 Å². The molecule has 0 aliphatic heterocycles. The minimum Gasteiger partial charge on any atom is -0.862 e. The van der Waals surface area contributed by atoms with Gasteiger partial charge in [0.2, 0.25) is 0 Å². The van der Waals surface area contributed by atoms with Crippen LogP contribution in [0.5, 0.6) is 0 Å². The summed E-state index contributed by atoms with van der Waals surface area (Å²) in [7, 11) is -4.48. The van der Waals surface area contributed by atoms with Crippen molar-refractivity contribution >= 4 is 28.5 Å². The molecule has 0 aromatic rings. The van der Waals surface area contributed by atoms with Crippen LogP contribution in [-0.2, 0) is 24.1 Å². The molecule has 0 spiro atoms. The molecule has 4 rings (SSSR count). The third-order valence-corrected chi connectivity index (χ3v) is 12.9. The van der Waals surface area contributed by atoms with E-state index in [0.717, 1.165) is 38.5 Å². The molecule has 298 valence electrons. The predicted molar refractivity (Wildman–Crippen MR) is 199 cm³/mol. The van der Waals surface area contributed by atoms with Gasteiger partial charge in [0.1, 0.15) is 11.2 Å². The second-order valence-electron chi connectivity index (χ2n) is 18.3. The summed E-state index contributed by atoms with van der Waals surface area (Å²) in [6.07, 6.45) is 10.1. The Morgan fingerprint density at radius 3 is 2.33 bits per heavy atom. The number of hydrogen-bond donors (Lipinski definition) is 2. The largest absolute Gasteiger partial charge is 0.862 e. The third-order valence-electron chi connectivity index (χ3n) is 12.4. The molecule has 52 heavy (non-hydrogen) atoms. The Hall–Kier alpha value is -2.38. The van der Waals surface area contributed by atoms with Gasteiger partial charge in [0.05, 0.1) is 6.10 Å². The predicted octanol–water partition coefficient (Wildman–Crippen LogP) is 7.08. The Bertz CT molecular complexity index is 1430. The zero-order valence-corrected chi connectivity index (χ0v) is 34.0. The topological polar surface area (TPSA) is 167 Å². The molecule has 13 heteroatoms. The first-order valence-electron chi connectivity index (χ1n) is 19.5. The molecule has 0 heterocycles. The molecule has 0 aromatic carbocycles. The van der Waals surface area contributed by atoms with E-state index >= 15 is 0 Å². The molecule has 2 N–H and O–H groups in total. The molecule has 8 atom stereocenters. The maximum atomic E-state index is 13.6. The minimum atomic E-state index is -4.48. The van der Waals surface area contributed by atoms with Gasteiger partial charge in [-0.25, -0.2) is 13.8 Å². The first-order valence-corrected chi connectivity index (χ1v) is 20.9. The number of nitrogens with zero attached hydrogens (tertiary/aromatic N) is 2. The third kappa shape index (κ3) is 10.9. The van der Waals surface area contributed by atoms with Crippen molar-refractivity contribution in [2.75, 3.05) is 26.2 Å². The highest BCUT2D eigenvalue weighted by atomic mass is 32.3. The van der Waals surface area contributed by atoms with Gasteiger partial charge >= 0.3 is 22.6 Å². The number of nitrogens with one attached hydrogen (secondary N) is 1. The van der Waals surface area contributed by atoms with Gasteiger partial charge in [-0.3, -0.25) is 4.55 Å². The van der Waals surface area contributed by atoms with Gasteiger partial charge in [0.15, 0.2) is 0 Å². The summed E-state index contributed by atoms with van der Waals surface area (Å²) in [6.45, 7) is 19.4. The van der Waals surface area contributed by atoms with E-state index in [1.165, 1.54) is 5.57 Å². The van der Waals surface area contributed by atoms with E-state index in [-0.39, 0.29) is 28.6 Å². The van der Waals surface area contributed by atoms with Gasteiger partial charge in [0.25, 0.3) is 0 Å². The summed E-state index contributed by atoms with van der Waals surface area (Å²) < 4.78 is 47.9. The summed E-state index contributed by atoms with van der Waals surface area (Å²) in [5, 5.41) is 16.3. The van der Waals surface area contributed by atoms with E-state index in [1.54, 1.807) is 4.90 Å². The van der Waals surface area contributed by atoms with Crippen molar-refractivity contribution in [2.45, 2.75) is 150 Å². The molecule has 0 aromatic heterocycles. The van der Waals surface area contributed by atoms with Gasteiger partial charge < -0.3 is 29.8 Å². The van der Waals surface area contributed by atoms with Crippen LogP contribution in [0.2, 0.25) is 0 Å². The van der Waals surface area contributed by atoms with Crippen molar-refractivity contribution in [3.63, 3.8) is 0 Å². The normalized spacial score (nSPS) is 31.4. The number of aliphatic imine (C=N–C) groups is 1. The second kappa shape index (κ2) is 16.6. The van der Waals surface area contributed by atoms with Crippen molar-refractivity contribution in [2.24, 2.45) is 45.4 Å². The average molecular weight is 753 g/mol. The van der Waals surface area contributed by atoms with Crippen LogP contribution in [0.15, 0.2) is 16.6 Å². The summed E-state index contributed by atoms with van der Waals surface area (Å²) in [5.41, 5.74) is 0.139. The van der Waals surface area contributed by atoms with Crippen LogP contribution >= 0.6 is 0 Å². The summed E-state index contributed by atoms with van der Waals surface area (Å²) >= 11 is 0. The van der Waals surface area contributed by atoms with Gasteiger partial charge in [-0.2, -0.15) is 8.42 Å². The highest BCUT2D eigenvalue weighted by Crippen LogP contribution is 2.67. The SMILES string of the molecule is CC(C([O-])=NCCCN(CCCCNC(=O)OC(C)(C)C)C(=O)OC(C)(C)C)[C@H]1CC[C@H]2[C@@H]3CC=C4C[C@@H](OS(=O)(=O)O)CC[C@]4(C)[C@H]3CC[C@]12C. The maximum Gasteiger partial charge on any atom is 0.410 e. The Morgan fingerprint density at radius 1 is 1.00 bits per heavy atom. The van der Waals surface area contributed by atoms with Crippen LogP contribution in [-0.4, -0.2) is 79.4 Å². The van der Waals surface area contributed by atoms with Crippen LogP contribution in [0.3, 0.4) is 0 Å². The number of ether oxygens (including phenoxy) is 2. The van der Waals surface area contributed by atoms with Crippen molar-refractivity contribution < 1.29 is 41.3 Å². The molecule has 0 saturated heterocycles. The lowest BCUT2D eigenvalue weighted by atomic mass is 9.47. The van der Waals surface area contributed by atoms with Crippen LogP contribution in [0.1, 0.15) is 133 Å². The van der Waals surface area contributed by atoms with E-state index in [0.29, 0.717) is 76.0 Å². The summed E-state index contributed by atoms with van der Waals surface area (Å²) in [5.74, 6) is 1.60. The van der Waals surface area contributed by atoms with Gasteiger partial charge in [0, 0.05) is 26.2 Å². The lowest BCUT2D eigenvalue weighted by Crippen LogP contribution is -2.51. The number of alkyl carbamates (subject to hydrolysis) is 1. The second-order valence-corrected chi connectivity index (χ2v) is 19.4. The molecule has 4 aliphatic carbocycles. The van der Waals surface area contributed by atoms with E-state index in [1.807, 2.05) is 48.5 Å². The Morgan fingerprint density at radius 2 is 1.67 bits per heavy atom. The Kier molecular flexibility index (Phi) is 13.5. The Balaban J connectivity index is 1.31. The highest BCUT2D eigenvalue weighted by Gasteiger charge is 2.59. The van der Waals surface area contributed by atoms with E-state index in [4.69, 9.17) is 13.7 Å². The molecule has 3 saturated carbocycles. The quantitative estimate of drug-likeness (QED) is 0.0657. The zero-order chi connectivity index (χ0) is 38.7. The van der Waals surface area contributed by atoms with Crippen molar-refractivity contribution in [3.8, 4) is 0 Å². The lowest BCUT2D eigenvalue weighted by Gasteiger charge is -2.58. The standard InChI is InChI=1S/C39H67N3O9S/c1-26(33(43)40-22-12-24-42(35(45)50-37(5,6)7)23-11-10-21-41-34(44)49-36(2,3)4)30-15-16-31-29-14-13-27-25-28(51-52(46,47)48)17-19-38(27,8)32(29)18-20-39(30,31)9/h13,26,28-32H,10-12,14-25H2,1-9H3,(H,40,43)(H,41,44)(H,46,47,48)/p-1/t26?,28-,29-,30+,31-,32-,38-,39+/m0/s1. The zero-order valence-electron chi connectivity index (χ0n) is 33.2. The number of carbonyl (C=O) groups is 2. The molecule has 4 aliphatic rings. The van der Waals surface area contributed by atoms with E-state index in [2.05, 4.69) is 30.2 Å². The fraction of sp³-hybridized carbons (Fsp3) is 0.872.